The van der Waals surface area contributed by atoms with Gasteiger partial charge in [-0.05, 0) is 37.8 Å². The fourth-order valence-corrected chi connectivity index (χ4v) is 3.74. The van der Waals surface area contributed by atoms with Gasteiger partial charge in [-0.2, -0.15) is 0 Å². The second-order valence-electron chi connectivity index (χ2n) is 5.50. The molecule has 2 heterocycles. The van der Waals surface area contributed by atoms with E-state index in [9.17, 15) is 4.79 Å². The Labute approximate surface area is 112 Å². The lowest BCUT2D eigenvalue weighted by Crippen LogP contribution is -2.33. The van der Waals surface area contributed by atoms with Crippen LogP contribution < -0.4 is 5.32 Å². The molecular formula is C14H20N2OS. The smallest absolute Gasteiger partial charge is 0.241 e. The van der Waals surface area contributed by atoms with Gasteiger partial charge >= 0.3 is 0 Å². The van der Waals surface area contributed by atoms with Crippen LogP contribution in [0, 0.1) is 12.8 Å². The summed E-state index contributed by atoms with van der Waals surface area (Å²) in [6, 6.07) is 4.75. The number of rotatable bonds is 3. The van der Waals surface area contributed by atoms with E-state index in [1.165, 1.54) is 9.75 Å². The van der Waals surface area contributed by atoms with Crippen LogP contribution >= 0.6 is 11.3 Å². The lowest BCUT2D eigenvalue weighted by molar-refractivity contribution is -0.130. The fourth-order valence-electron chi connectivity index (χ4n) is 2.81. The Morgan fingerprint density at radius 2 is 2.22 bits per heavy atom. The third-order valence-corrected chi connectivity index (χ3v) is 5.11. The molecule has 1 aliphatic carbocycles. The number of carbonyl (C=O) groups is 1. The van der Waals surface area contributed by atoms with Crippen LogP contribution in [0.5, 0.6) is 0 Å². The molecule has 1 aromatic heterocycles. The van der Waals surface area contributed by atoms with E-state index in [0.717, 1.165) is 12.8 Å². The molecule has 1 amide bonds. The van der Waals surface area contributed by atoms with Crippen LogP contribution in [0.15, 0.2) is 12.1 Å². The highest BCUT2D eigenvalue weighted by Gasteiger charge is 2.50. The minimum absolute atomic E-state index is 0.00482. The molecule has 3 rings (SSSR count). The number of hydrogen-bond donors (Lipinski definition) is 1. The summed E-state index contributed by atoms with van der Waals surface area (Å²) in [4.78, 5) is 17.1. The summed E-state index contributed by atoms with van der Waals surface area (Å²) in [6.07, 6.45) is 2.14. The minimum Gasteiger partial charge on any atom is -0.317 e. The first kappa shape index (κ1) is 12.2. The van der Waals surface area contributed by atoms with Gasteiger partial charge in [0.1, 0.15) is 6.17 Å². The summed E-state index contributed by atoms with van der Waals surface area (Å²) in [7, 11) is 0. The molecule has 1 N–H and O–H groups in total. The SMILES string of the molecule is CCC1NC(c2ccc(C)s2)N(C2CC2C)C1=O. The lowest BCUT2D eigenvalue weighted by atomic mass is 10.2. The maximum Gasteiger partial charge on any atom is 0.241 e. The van der Waals surface area contributed by atoms with Crippen molar-refractivity contribution in [2.75, 3.05) is 0 Å². The van der Waals surface area contributed by atoms with Crippen LogP contribution in [0.2, 0.25) is 0 Å². The molecule has 4 unspecified atom stereocenters. The van der Waals surface area contributed by atoms with E-state index in [2.05, 4.69) is 43.1 Å². The molecule has 1 saturated heterocycles. The molecule has 0 spiro atoms. The molecule has 3 nitrogen and oxygen atoms in total. The highest BCUT2D eigenvalue weighted by Crippen LogP contribution is 2.43. The molecule has 0 radical (unpaired) electrons. The molecule has 0 aromatic carbocycles. The monoisotopic (exact) mass is 264 g/mol. The second-order valence-corrected chi connectivity index (χ2v) is 6.82. The third-order valence-electron chi connectivity index (χ3n) is 4.05. The summed E-state index contributed by atoms with van der Waals surface area (Å²) in [6.45, 7) is 6.42. The number of nitrogens with one attached hydrogen (secondary N) is 1. The van der Waals surface area contributed by atoms with Crippen molar-refractivity contribution in [3.63, 3.8) is 0 Å². The Morgan fingerprint density at radius 3 is 2.72 bits per heavy atom. The van der Waals surface area contributed by atoms with Gasteiger partial charge in [0.2, 0.25) is 5.91 Å². The number of amides is 1. The summed E-state index contributed by atoms with van der Waals surface area (Å²) < 4.78 is 0. The van der Waals surface area contributed by atoms with Crippen LogP contribution in [-0.2, 0) is 4.79 Å². The van der Waals surface area contributed by atoms with Crippen molar-refractivity contribution < 1.29 is 4.79 Å². The number of carbonyl (C=O) groups excluding carboxylic acids is 1. The zero-order chi connectivity index (χ0) is 12.9. The van der Waals surface area contributed by atoms with Crippen LogP contribution in [0.25, 0.3) is 0 Å². The molecule has 18 heavy (non-hydrogen) atoms. The van der Waals surface area contributed by atoms with Crippen LogP contribution in [0.4, 0.5) is 0 Å². The number of thiophene rings is 1. The molecular weight excluding hydrogens is 244 g/mol. The first-order chi connectivity index (χ1) is 8.61. The van der Waals surface area contributed by atoms with Crippen LogP contribution in [-0.4, -0.2) is 22.9 Å². The Kier molecular flexibility index (Phi) is 2.94. The second kappa shape index (κ2) is 4.35. The van der Waals surface area contributed by atoms with E-state index >= 15 is 0 Å². The zero-order valence-electron chi connectivity index (χ0n) is 11.1. The van der Waals surface area contributed by atoms with Gasteiger partial charge in [0.05, 0.1) is 6.04 Å². The average molecular weight is 264 g/mol. The Hall–Kier alpha value is -0.870. The summed E-state index contributed by atoms with van der Waals surface area (Å²) in [5.41, 5.74) is 0. The van der Waals surface area contributed by atoms with Crippen LogP contribution in [0.1, 0.15) is 42.6 Å². The molecule has 0 bridgehead atoms. The van der Waals surface area contributed by atoms with Crippen LogP contribution in [0.3, 0.4) is 0 Å². The Balaban J connectivity index is 1.89. The van der Waals surface area contributed by atoms with Crippen molar-refractivity contribution in [2.24, 2.45) is 5.92 Å². The van der Waals surface area contributed by atoms with Crippen molar-refractivity contribution in [3.8, 4) is 0 Å². The van der Waals surface area contributed by atoms with E-state index in [1.54, 1.807) is 11.3 Å². The van der Waals surface area contributed by atoms with Crippen molar-refractivity contribution in [1.82, 2.24) is 10.2 Å². The highest BCUT2D eigenvalue weighted by molar-refractivity contribution is 7.12. The highest BCUT2D eigenvalue weighted by atomic mass is 32.1. The topological polar surface area (TPSA) is 32.3 Å². The van der Waals surface area contributed by atoms with Crippen molar-refractivity contribution in [2.45, 2.75) is 51.9 Å². The van der Waals surface area contributed by atoms with Crippen molar-refractivity contribution in [1.29, 1.82) is 0 Å². The van der Waals surface area contributed by atoms with Crippen molar-refractivity contribution >= 4 is 17.2 Å². The molecule has 1 aliphatic heterocycles. The van der Waals surface area contributed by atoms with E-state index in [1.807, 2.05) is 0 Å². The summed E-state index contributed by atoms with van der Waals surface area (Å²) in [5.74, 6) is 0.956. The van der Waals surface area contributed by atoms with Gasteiger partial charge in [0, 0.05) is 15.8 Å². The number of aryl methyl sites for hydroxylation is 1. The van der Waals surface area contributed by atoms with E-state index in [4.69, 9.17) is 0 Å². The van der Waals surface area contributed by atoms with Gasteiger partial charge in [-0.25, -0.2) is 0 Å². The summed E-state index contributed by atoms with van der Waals surface area (Å²) in [5, 5.41) is 3.50. The molecule has 1 aromatic rings. The zero-order valence-corrected chi connectivity index (χ0v) is 12.0. The normalized spacial score (nSPS) is 35.3. The molecule has 4 heteroatoms. The lowest BCUT2D eigenvalue weighted by Gasteiger charge is -2.23. The first-order valence-electron chi connectivity index (χ1n) is 6.76. The molecule has 2 fully saturated rings. The number of nitrogens with zero attached hydrogens (tertiary/aromatic N) is 1. The fraction of sp³-hybridized carbons (Fsp3) is 0.643. The molecule has 1 saturated carbocycles. The van der Waals surface area contributed by atoms with E-state index < -0.39 is 0 Å². The maximum absolute atomic E-state index is 12.4. The maximum atomic E-state index is 12.4. The van der Waals surface area contributed by atoms with Gasteiger partial charge < -0.3 is 4.90 Å². The third kappa shape index (κ3) is 1.88. The van der Waals surface area contributed by atoms with Gasteiger partial charge in [0.15, 0.2) is 0 Å². The molecule has 2 aliphatic rings. The summed E-state index contributed by atoms with van der Waals surface area (Å²) >= 11 is 1.79. The Morgan fingerprint density at radius 1 is 1.50 bits per heavy atom. The molecule has 98 valence electrons. The van der Waals surface area contributed by atoms with Crippen molar-refractivity contribution in [3.05, 3.63) is 21.9 Å². The Bertz CT molecular complexity index is 470. The van der Waals surface area contributed by atoms with Gasteiger partial charge in [-0.15, -0.1) is 11.3 Å². The predicted octanol–water partition coefficient (Wildman–Crippen LogP) is 2.67. The average Bonchev–Trinajstić information content (AvgIpc) is 2.75. The van der Waals surface area contributed by atoms with Gasteiger partial charge in [-0.3, -0.25) is 10.1 Å². The van der Waals surface area contributed by atoms with E-state index in [0.29, 0.717) is 17.9 Å². The molecule has 4 atom stereocenters. The largest absolute Gasteiger partial charge is 0.317 e. The predicted molar refractivity (Wildman–Crippen MR) is 73.4 cm³/mol. The minimum atomic E-state index is 0.00482. The van der Waals surface area contributed by atoms with E-state index in [-0.39, 0.29) is 12.2 Å². The van der Waals surface area contributed by atoms with Gasteiger partial charge in [0.25, 0.3) is 0 Å². The number of hydrogen-bond acceptors (Lipinski definition) is 3. The first-order valence-corrected chi connectivity index (χ1v) is 7.58. The quantitative estimate of drug-likeness (QED) is 0.910. The standard InChI is InChI=1S/C14H20N2OS/c1-4-10-14(17)16(11-7-8(11)2)13(15-10)12-6-5-9(3)18-12/h5-6,8,10-11,13,15H,4,7H2,1-3H3. The van der Waals surface area contributed by atoms with Gasteiger partial charge in [-0.1, -0.05) is 13.8 Å².